The van der Waals surface area contributed by atoms with Crippen LogP contribution in [0, 0.1) is 5.41 Å². The third-order valence-corrected chi connectivity index (χ3v) is 3.03. The van der Waals surface area contributed by atoms with Crippen LogP contribution >= 0.6 is 15.9 Å². The second kappa shape index (κ2) is 6.23. The number of hydrogen-bond acceptors (Lipinski definition) is 2. The van der Waals surface area contributed by atoms with Gasteiger partial charge >= 0.3 is 0 Å². The summed E-state index contributed by atoms with van der Waals surface area (Å²) in [5.74, 6) is 0.941. The van der Waals surface area contributed by atoms with Gasteiger partial charge in [-0.05, 0) is 24.3 Å². The van der Waals surface area contributed by atoms with Gasteiger partial charge in [-0.25, -0.2) is 0 Å². The summed E-state index contributed by atoms with van der Waals surface area (Å²) in [6.45, 7) is 6.84. The van der Waals surface area contributed by atoms with E-state index in [0.29, 0.717) is 13.2 Å². The summed E-state index contributed by atoms with van der Waals surface area (Å²) in [7, 11) is 1.80. The minimum absolute atomic E-state index is 0.127. The summed E-state index contributed by atoms with van der Waals surface area (Å²) in [6, 6.07) is 7.66. The highest BCUT2D eigenvalue weighted by molar-refractivity contribution is 9.10. The molecular formula is C14H20BrNO2. The van der Waals surface area contributed by atoms with E-state index in [4.69, 9.17) is 4.74 Å². The van der Waals surface area contributed by atoms with Gasteiger partial charge in [0, 0.05) is 16.9 Å². The number of carbonyl (C=O) groups excluding carboxylic acids is 1. The van der Waals surface area contributed by atoms with Crippen molar-refractivity contribution in [1.82, 2.24) is 4.90 Å². The summed E-state index contributed by atoms with van der Waals surface area (Å²) in [5.41, 5.74) is -0.341. The van der Waals surface area contributed by atoms with Crippen molar-refractivity contribution < 1.29 is 9.53 Å². The Bertz CT molecular complexity index is 395. The fourth-order valence-electron chi connectivity index (χ4n) is 1.51. The molecule has 1 amide bonds. The fourth-order valence-corrected chi connectivity index (χ4v) is 1.77. The van der Waals surface area contributed by atoms with Gasteiger partial charge in [0.25, 0.3) is 0 Å². The molecule has 0 heterocycles. The quantitative estimate of drug-likeness (QED) is 0.853. The van der Waals surface area contributed by atoms with Gasteiger partial charge in [0.2, 0.25) is 5.91 Å². The van der Waals surface area contributed by atoms with E-state index in [1.807, 2.05) is 45.0 Å². The zero-order valence-electron chi connectivity index (χ0n) is 11.4. The molecule has 0 bridgehead atoms. The Morgan fingerprint density at radius 3 is 2.33 bits per heavy atom. The molecule has 0 saturated carbocycles. The first-order valence-corrected chi connectivity index (χ1v) is 6.74. The Balaban J connectivity index is 2.38. The van der Waals surface area contributed by atoms with Gasteiger partial charge in [0.15, 0.2) is 0 Å². The van der Waals surface area contributed by atoms with Crippen molar-refractivity contribution in [3.63, 3.8) is 0 Å². The minimum atomic E-state index is -0.341. The lowest BCUT2D eigenvalue weighted by molar-refractivity contribution is -0.138. The molecule has 0 unspecified atom stereocenters. The molecule has 100 valence electrons. The summed E-state index contributed by atoms with van der Waals surface area (Å²) < 4.78 is 6.60. The van der Waals surface area contributed by atoms with Gasteiger partial charge in [-0.15, -0.1) is 0 Å². The maximum atomic E-state index is 11.9. The molecule has 0 fully saturated rings. The highest BCUT2D eigenvalue weighted by atomic mass is 79.9. The average molecular weight is 314 g/mol. The number of likely N-dealkylation sites (N-methyl/N-ethyl adjacent to an activating group) is 1. The van der Waals surface area contributed by atoms with Crippen molar-refractivity contribution in [3.05, 3.63) is 28.7 Å². The topological polar surface area (TPSA) is 29.5 Å². The van der Waals surface area contributed by atoms with E-state index in [0.717, 1.165) is 10.2 Å². The van der Waals surface area contributed by atoms with Crippen LogP contribution in [0.4, 0.5) is 0 Å². The number of ether oxygens (including phenoxy) is 1. The predicted octanol–water partition coefficient (Wildman–Crippen LogP) is 3.33. The maximum Gasteiger partial charge on any atom is 0.227 e. The summed E-state index contributed by atoms with van der Waals surface area (Å²) in [4.78, 5) is 13.6. The van der Waals surface area contributed by atoms with Gasteiger partial charge in [0.05, 0.1) is 6.54 Å². The van der Waals surface area contributed by atoms with Crippen LogP contribution in [-0.4, -0.2) is 31.0 Å². The van der Waals surface area contributed by atoms with Crippen molar-refractivity contribution in [2.24, 2.45) is 5.41 Å². The third kappa shape index (κ3) is 4.69. The van der Waals surface area contributed by atoms with Crippen molar-refractivity contribution in [1.29, 1.82) is 0 Å². The highest BCUT2D eigenvalue weighted by Crippen LogP contribution is 2.17. The van der Waals surface area contributed by atoms with E-state index in [9.17, 15) is 4.79 Å². The van der Waals surface area contributed by atoms with Crippen molar-refractivity contribution >= 4 is 21.8 Å². The number of benzene rings is 1. The normalized spacial score (nSPS) is 11.2. The number of hydrogen-bond donors (Lipinski definition) is 0. The van der Waals surface area contributed by atoms with Crippen molar-refractivity contribution in [3.8, 4) is 5.75 Å². The molecule has 1 rings (SSSR count). The highest BCUT2D eigenvalue weighted by Gasteiger charge is 2.24. The largest absolute Gasteiger partial charge is 0.492 e. The molecule has 0 atom stereocenters. The van der Waals surface area contributed by atoms with Crippen molar-refractivity contribution in [2.45, 2.75) is 20.8 Å². The van der Waals surface area contributed by atoms with Crippen molar-refractivity contribution in [2.75, 3.05) is 20.2 Å². The first-order valence-electron chi connectivity index (χ1n) is 5.94. The van der Waals surface area contributed by atoms with Crippen LogP contribution in [0.3, 0.4) is 0 Å². The Kier molecular flexibility index (Phi) is 5.20. The Morgan fingerprint density at radius 2 is 1.83 bits per heavy atom. The van der Waals surface area contributed by atoms with Gasteiger partial charge in [-0.3, -0.25) is 4.79 Å². The number of rotatable bonds is 4. The van der Waals surface area contributed by atoms with Gasteiger partial charge < -0.3 is 9.64 Å². The van der Waals surface area contributed by atoms with E-state index >= 15 is 0 Å². The average Bonchev–Trinajstić information content (AvgIpc) is 2.29. The second-order valence-electron chi connectivity index (χ2n) is 5.28. The molecule has 0 radical (unpaired) electrons. The number of halogens is 1. The molecule has 1 aromatic rings. The number of amides is 1. The molecule has 1 aromatic carbocycles. The van der Waals surface area contributed by atoms with Gasteiger partial charge in [-0.1, -0.05) is 36.7 Å². The molecule has 0 N–H and O–H groups in total. The molecule has 3 nitrogen and oxygen atoms in total. The Hall–Kier alpha value is -1.03. The third-order valence-electron chi connectivity index (χ3n) is 2.50. The SMILES string of the molecule is CN(CCOc1ccc(Br)cc1)C(=O)C(C)(C)C. The first kappa shape index (κ1) is 15.0. The van der Waals surface area contributed by atoms with Gasteiger partial charge in [-0.2, -0.15) is 0 Å². The maximum absolute atomic E-state index is 11.9. The molecule has 4 heteroatoms. The summed E-state index contributed by atoms with van der Waals surface area (Å²) in [5, 5.41) is 0. The van der Waals surface area contributed by atoms with E-state index in [1.165, 1.54) is 0 Å². The lowest BCUT2D eigenvalue weighted by Gasteiger charge is -2.25. The molecule has 0 aromatic heterocycles. The molecule has 18 heavy (non-hydrogen) atoms. The van der Waals surface area contributed by atoms with Crippen LogP contribution < -0.4 is 4.74 Å². The smallest absolute Gasteiger partial charge is 0.227 e. The molecule has 0 aliphatic heterocycles. The standard InChI is InChI=1S/C14H20BrNO2/c1-14(2,3)13(17)16(4)9-10-18-12-7-5-11(15)6-8-12/h5-8H,9-10H2,1-4H3. The molecular weight excluding hydrogens is 294 g/mol. The van der Waals surface area contributed by atoms with Gasteiger partial charge in [0.1, 0.15) is 12.4 Å². The van der Waals surface area contributed by atoms with Crippen LogP contribution in [0.5, 0.6) is 5.75 Å². The van der Waals surface area contributed by atoms with E-state index < -0.39 is 0 Å². The monoisotopic (exact) mass is 313 g/mol. The fraction of sp³-hybridized carbons (Fsp3) is 0.500. The minimum Gasteiger partial charge on any atom is -0.492 e. The first-order chi connectivity index (χ1) is 8.30. The van der Waals surface area contributed by atoms with Crippen LogP contribution in [0.1, 0.15) is 20.8 Å². The van der Waals surface area contributed by atoms with E-state index in [2.05, 4.69) is 15.9 Å². The summed E-state index contributed by atoms with van der Waals surface area (Å²) in [6.07, 6.45) is 0. The lowest BCUT2D eigenvalue weighted by atomic mass is 9.95. The van der Waals surface area contributed by atoms with Crippen LogP contribution in [0.15, 0.2) is 28.7 Å². The number of carbonyl (C=O) groups is 1. The van der Waals surface area contributed by atoms with E-state index in [1.54, 1.807) is 11.9 Å². The van der Waals surface area contributed by atoms with Crippen LogP contribution in [0.2, 0.25) is 0 Å². The zero-order chi connectivity index (χ0) is 13.8. The molecule has 0 saturated heterocycles. The Morgan fingerprint density at radius 1 is 1.28 bits per heavy atom. The molecule has 0 aliphatic carbocycles. The van der Waals surface area contributed by atoms with Crippen LogP contribution in [0.25, 0.3) is 0 Å². The lowest BCUT2D eigenvalue weighted by Crippen LogP contribution is -2.38. The predicted molar refractivity (Wildman–Crippen MR) is 76.7 cm³/mol. The van der Waals surface area contributed by atoms with E-state index in [-0.39, 0.29) is 11.3 Å². The molecule has 0 spiro atoms. The molecule has 0 aliphatic rings. The van der Waals surface area contributed by atoms with Crippen LogP contribution in [-0.2, 0) is 4.79 Å². The number of nitrogens with zero attached hydrogens (tertiary/aromatic N) is 1. The second-order valence-corrected chi connectivity index (χ2v) is 6.19. The Labute approximate surface area is 117 Å². The summed E-state index contributed by atoms with van der Waals surface area (Å²) >= 11 is 3.37. The zero-order valence-corrected chi connectivity index (χ0v) is 13.0.